The van der Waals surface area contributed by atoms with Crippen molar-refractivity contribution in [2.24, 2.45) is 0 Å². The lowest BCUT2D eigenvalue weighted by atomic mass is 10.3. The van der Waals surface area contributed by atoms with Crippen LogP contribution >= 0.6 is 12.2 Å². The molecule has 0 saturated carbocycles. The highest BCUT2D eigenvalue weighted by molar-refractivity contribution is 7.92. The molecule has 2 aromatic carbocycles. The van der Waals surface area contributed by atoms with E-state index in [0.717, 1.165) is 0 Å². The summed E-state index contributed by atoms with van der Waals surface area (Å²) in [5, 5.41) is 6.34. The van der Waals surface area contributed by atoms with Crippen molar-refractivity contribution in [2.45, 2.75) is 11.8 Å². The molecule has 0 unspecified atom stereocenters. The Labute approximate surface area is 159 Å². The van der Waals surface area contributed by atoms with E-state index >= 15 is 0 Å². The summed E-state index contributed by atoms with van der Waals surface area (Å²) in [6.45, 7) is 6.58. The lowest BCUT2D eigenvalue weighted by Crippen LogP contribution is -2.28. The number of ether oxygens (including phenoxy) is 1. The summed E-state index contributed by atoms with van der Waals surface area (Å²) in [7, 11) is -3.68. The molecule has 0 fully saturated rings. The summed E-state index contributed by atoms with van der Waals surface area (Å²) in [5.74, 6) is 0.687. The zero-order valence-corrected chi connectivity index (χ0v) is 16.0. The van der Waals surface area contributed by atoms with Crippen molar-refractivity contribution in [1.82, 2.24) is 5.32 Å². The lowest BCUT2D eigenvalue weighted by molar-refractivity contribution is 0.340. The maximum Gasteiger partial charge on any atom is 0.261 e. The fraction of sp³-hybridized carbons (Fsp3) is 0.167. The van der Waals surface area contributed by atoms with Crippen molar-refractivity contribution < 1.29 is 13.2 Å². The van der Waals surface area contributed by atoms with Crippen LogP contribution in [0.5, 0.6) is 5.75 Å². The van der Waals surface area contributed by atoms with Gasteiger partial charge < -0.3 is 15.4 Å². The summed E-state index contributed by atoms with van der Waals surface area (Å²) in [5.41, 5.74) is 1.15. The van der Waals surface area contributed by atoms with Gasteiger partial charge in [-0.1, -0.05) is 6.08 Å². The SMILES string of the molecule is C=CCNC(=S)Nc1ccc(S(=O)(=O)Nc2ccc(OCC)cc2)cc1. The quantitative estimate of drug-likeness (QED) is 0.473. The third-order valence-corrected chi connectivity index (χ3v) is 4.89. The van der Waals surface area contributed by atoms with Gasteiger partial charge in [0.05, 0.1) is 11.5 Å². The first-order valence-corrected chi connectivity index (χ1v) is 9.85. The molecule has 0 amide bonds. The van der Waals surface area contributed by atoms with Gasteiger partial charge >= 0.3 is 0 Å². The first-order valence-electron chi connectivity index (χ1n) is 7.96. The largest absolute Gasteiger partial charge is 0.494 e. The fourth-order valence-corrected chi connectivity index (χ4v) is 3.32. The normalized spacial score (nSPS) is 10.7. The third kappa shape index (κ3) is 5.75. The molecule has 0 aliphatic carbocycles. The van der Waals surface area contributed by atoms with Gasteiger partial charge in [-0.05, 0) is 67.7 Å². The van der Waals surface area contributed by atoms with E-state index in [9.17, 15) is 8.42 Å². The number of hydrogen-bond donors (Lipinski definition) is 3. The molecule has 0 aliphatic rings. The van der Waals surface area contributed by atoms with Crippen LogP contribution in [0.1, 0.15) is 6.92 Å². The number of thiocarbonyl (C=S) groups is 1. The van der Waals surface area contributed by atoms with E-state index in [1.54, 1.807) is 42.5 Å². The molecule has 0 bridgehead atoms. The summed E-state index contributed by atoms with van der Waals surface area (Å²) < 4.78 is 32.8. The minimum Gasteiger partial charge on any atom is -0.494 e. The van der Waals surface area contributed by atoms with Gasteiger partial charge in [-0.15, -0.1) is 6.58 Å². The molecule has 3 N–H and O–H groups in total. The van der Waals surface area contributed by atoms with Gasteiger partial charge in [0.1, 0.15) is 5.75 Å². The van der Waals surface area contributed by atoms with Crippen LogP contribution < -0.4 is 20.1 Å². The van der Waals surface area contributed by atoms with Gasteiger partial charge in [-0.2, -0.15) is 0 Å². The van der Waals surface area contributed by atoms with E-state index in [1.807, 2.05) is 6.92 Å². The molecule has 0 spiro atoms. The topological polar surface area (TPSA) is 79.5 Å². The molecule has 8 heteroatoms. The standard InChI is InChI=1S/C18H21N3O3S2/c1-3-13-19-18(25)20-14-7-11-17(12-8-14)26(22,23)21-15-5-9-16(10-6-15)24-4-2/h3,5-12,21H,1,4,13H2,2H3,(H2,19,20,25). The molecule has 0 aliphatic heterocycles. The van der Waals surface area contributed by atoms with Crippen LogP contribution in [-0.2, 0) is 10.0 Å². The Hall–Kier alpha value is -2.58. The number of hydrogen-bond acceptors (Lipinski definition) is 4. The smallest absolute Gasteiger partial charge is 0.261 e. The zero-order chi connectivity index (χ0) is 19.0. The van der Waals surface area contributed by atoms with E-state index in [1.165, 1.54) is 12.1 Å². The van der Waals surface area contributed by atoms with Crippen molar-refractivity contribution in [3.8, 4) is 5.75 Å². The van der Waals surface area contributed by atoms with Crippen molar-refractivity contribution >= 4 is 38.7 Å². The van der Waals surface area contributed by atoms with Crippen molar-refractivity contribution in [3.05, 3.63) is 61.2 Å². The Balaban J connectivity index is 2.04. The lowest BCUT2D eigenvalue weighted by Gasteiger charge is -2.11. The maximum atomic E-state index is 12.5. The molecule has 0 aromatic heterocycles. The van der Waals surface area contributed by atoms with Crippen molar-refractivity contribution in [1.29, 1.82) is 0 Å². The molecule has 26 heavy (non-hydrogen) atoms. The summed E-state index contributed by atoms with van der Waals surface area (Å²) in [6.07, 6.45) is 1.69. The number of nitrogens with one attached hydrogen (secondary N) is 3. The monoisotopic (exact) mass is 391 g/mol. The van der Waals surface area contributed by atoms with Gasteiger partial charge in [0.25, 0.3) is 10.0 Å². The Morgan fingerprint density at radius 2 is 1.73 bits per heavy atom. The Morgan fingerprint density at radius 1 is 1.12 bits per heavy atom. The summed E-state index contributed by atoms with van der Waals surface area (Å²) >= 11 is 5.11. The predicted octanol–water partition coefficient (Wildman–Crippen LogP) is 3.36. The molecule has 0 radical (unpaired) electrons. The average Bonchev–Trinajstić information content (AvgIpc) is 2.62. The molecule has 0 atom stereocenters. The van der Waals surface area contributed by atoms with E-state index in [4.69, 9.17) is 17.0 Å². The molecule has 0 saturated heterocycles. The second-order valence-electron chi connectivity index (χ2n) is 5.21. The Bertz CT molecular complexity index is 848. The van der Waals surface area contributed by atoms with E-state index in [-0.39, 0.29) is 4.90 Å². The highest BCUT2D eigenvalue weighted by atomic mass is 32.2. The maximum absolute atomic E-state index is 12.5. The van der Waals surface area contributed by atoms with E-state index < -0.39 is 10.0 Å². The molecular formula is C18H21N3O3S2. The van der Waals surface area contributed by atoms with Gasteiger partial charge in [-0.25, -0.2) is 8.42 Å². The van der Waals surface area contributed by atoms with Crippen LogP contribution in [0.2, 0.25) is 0 Å². The minimum absolute atomic E-state index is 0.155. The van der Waals surface area contributed by atoms with Crippen molar-refractivity contribution in [2.75, 3.05) is 23.2 Å². The Kier molecular flexibility index (Phi) is 6.99. The number of rotatable bonds is 8. The molecule has 2 aromatic rings. The van der Waals surface area contributed by atoms with Crippen LogP contribution in [0.15, 0.2) is 66.1 Å². The first-order chi connectivity index (χ1) is 12.4. The van der Waals surface area contributed by atoms with Gasteiger partial charge in [0.15, 0.2) is 5.11 Å². The van der Waals surface area contributed by atoms with Gasteiger partial charge in [0.2, 0.25) is 0 Å². The third-order valence-electron chi connectivity index (χ3n) is 3.25. The second-order valence-corrected chi connectivity index (χ2v) is 7.30. The first kappa shape index (κ1) is 19.7. The second kappa shape index (κ2) is 9.21. The van der Waals surface area contributed by atoms with Gasteiger partial charge in [-0.3, -0.25) is 4.72 Å². The highest BCUT2D eigenvalue weighted by Crippen LogP contribution is 2.20. The summed E-state index contributed by atoms with van der Waals surface area (Å²) in [4.78, 5) is 0.155. The number of benzene rings is 2. The molecule has 6 nitrogen and oxygen atoms in total. The van der Waals surface area contributed by atoms with Crippen LogP contribution in [0, 0.1) is 0 Å². The summed E-state index contributed by atoms with van der Waals surface area (Å²) in [6, 6.07) is 13.1. The van der Waals surface area contributed by atoms with E-state index in [2.05, 4.69) is 21.9 Å². The average molecular weight is 392 g/mol. The van der Waals surface area contributed by atoms with Crippen LogP contribution in [0.3, 0.4) is 0 Å². The van der Waals surface area contributed by atoms with Crippen LogP contribution in [0.25, 0.3) is 0 Å². The van der Waals surface area contributed by atoms with Crippen LogP contribution in [-0.4, -0.2) is 26.7 Å². The van der Waals surface area contributed by atoms with Crippen molar-refractivity contribution in [3.63, 3.8) is 0 Å². The highest BCUT2D eigenvalue weighted by Gasteiger charge is 2.14. The Morgan fingerprint density at radius 3 is 2.31 bits per heavy atom. The fourth-order valence-electron chi connectivity index (χ4n) is 2.06. The molecule has 0 heterocycles. The van der Waals surface area contributed by atoms with E-state index in [0.29, 0.717) is 35.4 Å². The van der Waals surface area contributed by atoms with Crippen LogP contribution in [0.4, 0.5) is 11.4 Å². The molecule has 2 rings (SSSR count). The number of anilines is 2. The van der Waals surface area contributed by atoms with Gasteiger partial charge in [0, 0.05) is 17.9 Å². The predicted molar refractivity (Wildman–Crippen MR) is 109 cm³/mol. The molecule has 138 valence electrons. The minimum atomic E-state index is -3.68. The molecular weight excluding hydrogens is 370 g/mol. The number of sulfonamides is 1. The zero-order valence-electron chi connectivity index (χ0n) is 14.4.